The highest BCUT2D eigenvalue weighted by atomic mass is 32.1. The third-order valence-corrected chi connectivity index (χ3v) is 6.85. The van der Waals surface area contributed by atoms with Gasteiger partial charge in [-0.25, -0.2) is 9.59 Å². The lowest BCUT2D eigenvalue weighted by atomic mass is 10.1. The van der Waals surface area contributed by atoms with Gasteiger partial charge in [0.25, 0.3) is 0 Å². The predicted octanol–water partition coefficient (Wildman–Crippen LogP) is 8.82. The highest BCUT2D eigenvalue weighted by Crippen LogP contribution is 2.30. The summed E-state index contributed by atoms with van der Waals surface area (Å²) in [5, 5.41) is 12.5. The molecule has 1 aromatic rings. The molecular formula is C26H45NO4S. The predicted molar refractivity (Wildman–Crippen MR) is 135 cm³/mol. The molecule has 0 aliphatic carbocycles. The number of carboxylic acid groups (broad SMARTS) is 1. The van der Waals surface area contributed by atoms with Crippen LogP contribution in [0.2, 0.25) is 0 Å². The van der Waals surface area contributed by atoms with Gasteiger partial charge in [0.2, 0.25) is 0 Å². The number of carbonyl (C=O) groups excluding carboxylic acids is 1. The van der Waals surface area contributed by atoms with Crippen molar-refractivity contribution in [3.05, 3.63) is 16.5 Å². The van der Waals surface area contributed by atoms with Gasteiger partial charge in [0.15, 0.2) is 0 Å². The summed E-state index contributed by atoms with van der Waals surface area (Å²) < 4.78 is 5.23. The fourth-order valence-electron chi connectivity index (χ4n) is 3.78. The molecule has 0 aliphatic rings. The van der Waals surface area contributed by atoms with Crippen LogP contribution in [0.4, 0.5) is 9.80 Å². The van der Waals surface area contributed by atoms with Crippen LogP contribution in [0.3, 0.4) is 0 Å². The molecule has 0 radical (unpaired) electrons. The monoisotopic (exact) mass is 467 g/mol. The third-order valence-electron chi connectivity index (χ3n) is 5.74. The summed E-state index contributed by atoms with van der Waals surface area (Å²) in [7, 11) is 0. The molecule has 0 aromatic carbocycles. The van der Waals surface area contributed by atoms with Crippen molar-refractivity contribution in [3.63, 3.8) is 0 Å². The summed E-state index contributed by atoms with van der Waals surface area (Å²) in [6.07, 6.45) is 19.8. The number of rotatable bonds is 20. The number of hydrogen-bond donors (Lipinski definition) is 2. The van der Waals surface area contributed by atoms with E-state index in [-0.39, 0.29) is 5.56 Å². The van der Waals surface area contributed by atoms with Crippen molar-refractivity contribution < 1.29 is 19.4 Å². The van der Waals surface area contributed by atoms with E-state index in [1.165, 1.54) is 88.4 Å². The number of anilines is 1. The second kappa shape index (κ2) is 19.0. The molecule has 0 unspecified atom stereocenters. The van der Waals surface area contributed by atoms with Gasteiger partial charge in [-0.15, -0.1) is 11.3 Å². The molecule has 1 aromatic heterocycles. The van der Waals surface area contributed by atoms with Crippen molar-refractivity contribution in [1.29, 1.82) is 0 Å². The van der Waals surface area contributed by atoms with Crippen molar-refractivity contribution in [3.8, 4) is 0 Å². The summed E-state index contributed by atoms with van der Waals surface area (Å²) in [5.74, 6) is -1.01. The Kier molecular flexibility index (Phi) is 16.9. The first-order chi connectivity index (χ1) is 15.6. The van der Waals surface area contributed by atoms with Gasteiger partial charge in [0.05, 0.1) is 12.2 Å². The largest absolute Gasteiger partial charge is 0.478 e. The quantitative estimate of drug-likeness (QED) is 0.188. The van der Waals surface area contributed by atoms with Crippen molar-refractivity contribution in [2.75, 3.05) is 11.9 Å². The fraction of sp³-hybridized carbons (Fsp3) is 0.769. The lowest BCUT2D eigenvalue weighted by Gasteiger charge is -2.06. The summed E-state index contributed by atoms with van der Waals surface area (Å²) in [6.45, 7) is 4.80. The third kappa shape index (κ3) is 13.8. The second-order valence-electron chi connectivity index (χ2n) is 8.72. The first kappa shape index (κ1) is 28.5. The average molecular weight is 468 g/mol. The van der Waals surface area contributed by atoms with E-state index < -0.39 is 12.1 Å². The Balaban J connectivity index is 2.26. The number of unbranched alkanes of at least 4 members (excludes halogenated alkanes) is 14. The number of carboxylic acids is 1. The Labute approximate surface area is 199 Å². The van der Waals surface area contributed by atoms with Gasteiger partial charge in [-0.2, -0.15) is 0 Å². The average Bonchev–Trinajstić information content (AvgIpc) is 3.17. The molecule has 32 heavy (non-hydrogen) atoms. The number of ether oxygens (including phenoxy) is 1. The molecule has 2 N–H and O–H groups in total. The van der Waals surface area contributed by atoms with Crippen LogP contribution in [0.15, 0.2) is 6.07 Å². The Morgan fingerprint density at radius 3 is 1.84 bits per heavy atom. The molecular weight excluding hydrogens is 422 g/mol. The fourth-order valence-corrected chi connectivity index (χ4v) is 4.86. The van der Waals surface area contributed by atoms with E-state index in [0.29, 0.717) is 11.6 Å². The maximum atomic E-state index is 12.1. The van der Waals surface area contributed by atoms with Crippen LogP contribution >= 0.6 is 11.3 Å². The van der Waals surface area contributed by atoms with Crippen LogP contribution in [-0.2, 0) is 11.2 Å². The van der Waals surface area contributed by atoms with E-state index in [1.807, 2.05) is 0 Å². The second-order valence-corrected chi connectivity index (χ2v) is 9.86. The number of amides is 1. The van der Waals surface area contributed by atoms with Crippen molar-refractivity contribution in [1.82, 2.24) is 0 Å². The minimum Gasteiger partial charge on any atom is -0.478 e. The summed E-state index contributed by atoms with van der Waals surface area (Å²) in [4.78, 5) is 24.6. The lowest BCUT2D eigenvalue weighted by Crippen LogP contribution is -2.15. The SMILES string of the molecule is CCCCCCCCCCCCc1cc(C(=O)O)c(NC(=O)OCCCCCCCC)s1. The Bertz CT molecular complexity index is 629. The van der Waals surface area contributed by atoms with Crippen LogP contribution in [0.5, 0.6) is 0 Å². The molecule has 6 heteroatoms. The summed E-state index contributed by atoms with van der Waals surface area (Å²) in [6, 6.07) is 1.70. The molecule has 0 saturated heterocycles. The van der Waals surface area contributed by atoms with Crippen LogP contribution < -0.4 is 5.32 Å². The van der Waals surface area contributed by atoms with Crippen LogP contribution in [-0.4, -0.2) is 23.8 Å². The number of nitrogens with one attached hydrogen (secondary N) is 1. The maximum absolute atomic E-state index is 12.1. The van der Waals surface area contributed by atoms with Crippen LogP contribution in [0.25, 0.3) is 0 Å². The van der Waals surface area contributed by atoms with Gasteiger partial charge in [-0.05, 0) is 25.3 Å². The van der Waals surface area contributed by atoms with Crippen molar-refractivity contribution >= 4 is 28.4 Å². The maximum Gasteiger partial charge on any atom is 0.412 e. The zero-order chi connectivity index (χ0) is 23.4. The van der Waals surface area contributed by atoms with E-state index in [0.717, 1.165) is 37.0 Å². The highest BCUT2D eigenvalue weighted by molar-refractivity contribution is 7.16. The van der Waals surface area contributed by atoms with E-state index in [2.05, 4.69) is 19.2 Å². The molecule has 0 bridgehead atoms. The molecule has 0 aliphatic heterocycles. The van der Waals surface area contributed by atoms with Gasteiger partial charge < -0.3 is 9.84 Å². The highest BCUT2D eigenvalue weighted by Gasteiger charge is 2.17. The van der Waals surface area contributed by atoms with Gasteiger partial charge in [-0.3, -0.25) is 5.32 Å². The molecule has 1 rings (SSSR count). The van der Waals surface area contributed by atoms with Gasteiger partial charge >= 0.3 is 12.1 Å². The van der Waals surface area contributed by atoms with Crippen molar-refractivity contribution in [2.24, 2.45) is 0 Å². The van der Waals surface area contributed by atoms with Crippen LogP contribution in [0, 0.1) is 0 Å². The molecule has 0 atom stereocenters. The van der Waals surface area contributed by atoms with E-state index in [4.69, 9.17) is 4.74 Å². The summed E-state index contributed by atoms with van der Waals surface area (Å²) >= 11 is 1.36. The molecule has 0 saturated carbocycles. The van der Waals surface area contributed by atoms with E-state index in [9.17, 15) is 14.7 Å². The first-order valence-corrected chi connectivity index (χ1v) is 13.7. The smallest absolute Gasteiger partial charge is 0.412 e. The van der Waals surface area contributed by atoms with Crippen LogP contribution in [0.1, 0.15) is 132 Å². The summed E-state index contributed by atoms with van der Waals surface area (Å²) in [5.41, 5.74) is 0.161. The number of aryl methyl sites for hydroxylation is 1. The number of hydrogen-bond acceptors (Lipinski definition) is 4. The normalized spacial score (nSPS) is 10.9. The van der Waals surface area contributed by atoms with Crippen molar-refractivity contribution in [2.45, 2.75) is 123 Å². The van der Waals surface area contributed by atoms with Gasteiger partial charge in [0.1, 0.15) is 5.00 Å². The van der Waals surface area contributed by atoms with Gasteiger partial charge in [0, 0.05) is 4.88 Å². The Hall–Kier alpha value is -1.56. The first-order valence-electron chi connectivity index (χ1n) is 12.9. The molecule has 1 amide bonds. The molecule has 184 valence electrons. The molecule has 0 spiro atoms. The Morgan fingerprint density at radius 1 is 0.812 bits per heavy atom. The zero-order valence-corrected chi connectivity index (χ0v) is 21.2. The molecule has 5 nitrogen and oxygen atoms in total. The minimum atomic E-state index is -1.01. The minimum absolute atomic E-state index is 0.161. The number of thiophene rings is 1. The molecule has 1 heterocycles. The lowest BCUT2D eigenvalue weighted by molar-refractivity contribution is 0.0698. The standard InChI is InChI=1S/C26H45NO4S/c1-3-5-7-9-11-12-13-14-15-17-19-22-21-23(25(28)29)24(32-22)27-26(30)31-20-18-16-10-8-6-4-2/h21H,3-20H2,1-2H3,(H,27,30)(H,28,29). The topological polar surface area (TPSA) is 75.6 Å². The molecule has 0 fully saturated rings. The van der Waals surface area contributed by atoms with Gasteiger partial charge in [-0.1, -0.05) is 104 Å². The van der Waals surface area contributed by atoms with E-state index in [1.54, 1.807) is 6.07 Å². The number of aromatic carboxylic acids is 1. The van der Waals surface area contributed by atoms with E-state index >= 15 is 0 Å². The zero-order valence-electron chi connectivity index (χ0n) is 20.4. The Morgan fingerprint density at radius 2 is 1.31 bits per heavy atom. The number of carbonyl (C=O) groups is 2.